The number of anilines is 1. The summed E-state index contributed by atoms with van der Waals surface area (Å²) in [4.78, 5) is 0. The van der Waals surface area contributed by atoms with Crippen molar-refractivity contribution in [2.24, 2.45) is 0 Å². The predicted octanol–water partition coefficient (Wildman–Crippen LogP) is 5.27. The summed E-state index contributed by atoms with van der Waals surface area (Å²) in [6.07, 6.45) is 4.27. The molecular formula is C15H19BrClN3. The Morgan fingerprint density at radius 2 is 2.05 bits per heavy atom. The normalized spacial score (nSPS) is 11.1. The van der Waals surface area contributed by atoms with E-state index in [1.807, 2.05) is 18.2 Å². The van der Waals surface area contributed by atoms with Gasteiger partial charge < -0.3 is 5.32 Å². The zero-order valence-corrected chi connectivity index (χ0v) is 14.1. The first-order valence-electron chi connectivity index (χ1n) is 6.87. The van der Waals surface area contributed by atoms with E-state index in [1.54, 1.807) is 0 Å². The van der Waals surface area contributed by atoms with Gasteiger partial charge in [-0.2, -0.15) is 5.10 Å². The number of halogens is 2. The molecule has 0 atom stereocenters. The second-order valence-corrected chi connectivity index (χ2v) is 6.00. The van der Waals surface area contributed by atoms with Gasteiger partial charge in [0, 0.05) is 16.4 Å². The molecule has 0 aliphatic rings. The fraction of sp³-hybridized carbons (Fsp3) is 0.400. The lowest BCUT2D eigenvalue weighted by atomic mass is 10.2. The van der Waals surface area contributed by atoms with E-state index in [2.05, 4.69) is 57.1 Å². The zero-order valence-electron chi connectivity index (χ0n) is 11.7. The van der Waals surface area contributed by atoms with E-state index in [4.69, 9.17) is 11.6 Å². The number of hydrogen-bond acceptors (Lipinski definition) is 2. The fourth-order valence-corrected chi connectivity index (χ4v) is 2.56. The molecule has 0 saturated carbocycles. The Morgan fingerprint density at radius 1 is 1.30 bits per heavy atom. The van der Waals surface area contributed by atoms with Crippen LogP contribution in [0.2, 0.25) is 5.02 Å². The molecule has 0 radical (unpaired) electrons. The van der Waals surface area contributed by atoms with Gasteiger partial charge in [0.25, 0.3) is 0 Å². The first kappa shape index (κ1) is 15.4. The molecule has 3 nitrogen and oxygen atoms in total. The van der Waals surface area contributed by atoms with Gasteiger partial charge in [-0.25, -0.2) is 0 Å². The Kier molecular flexibility index (Phi) is 5.49. The summed E-state index contributed by atoms with van der Waals surface area (Å²) in [5, 5.41) is 8.66. The van der Waals surface area contributed by atoms with Gasteiger partial charge in [-0.05, 0) is 53.0 Å². The molecule has 20 heavy (non-hydrogen) atoms. The van der Waals surface area contributed by atoms with Gasteiger partial charge in [0.15, 0.2) is 0 Å². The minimum atomic E-state index is 0.492. The van der Waals surface area contributed by atoms with Gasteiger partial charge in [-0.15, -0.1) is 0 Å². The first-order valence-corrected chi connectivity index (χ1v) is 8.04. The van der Waals surface area contributed by atoms with Gasteiger partial charge in [0.1, 0.15) is 0 Å². The van der Waals surface area contributed by atoms with Crippen molar-refractivity contribution in [3.63, 3.8) is 0 Å². The van der Waals surface area contributed by atoms with Gasteiger partial charge in [-0.3, -0.25) is 4.68 Å². The Balaban J connectivity index is 1.98. The van der Waals surface area contributed by atoms with Crippen LogP contribution < -0.4 is 5.32 Å². The highest BCUT2D eigenvalue weighted by atomic mass is 79.9. The van der Waals surface area contributed by atoms with Crippen LogP contribution in [0.1, 0.15) is 38.4 Å². The smallest absolute Gasteiger partial charge is 0.0815 e. The van der Waals surface area contributed by atoms with Gasteiger partial charge >= 0.3 is 0 Å². The summed E-state index contributed by atoms with van der Waals surface area (Å²) in [6, 6.07) is 8.39. The third kappa shape index (κ3) is 3.76. The van der Waals surface area contributed by atoms with Crippen LogP contribution in [0.5, 0.6) is 0 Å². The molecule has 0 fully saturated rings. The third-order valence-corrected chi connectivity index (χ3v) is 4.61. The van der Waals surface area contributed by atoms with Crippen molar-refractivity contribution in [1.29, 1.82) is 0 Å². The molecule has 0 bridgehead atoms. The van der Waals surface area contributed by atoms with E-state index in [0.29, 0.717) is 17.6 Å². The number of nitrogens with zero attached hydrogens (tertiary/aromatic N) is 2. The molecule has 0 spiro atoms. The van der Waals surface area contributed by atoms with Crippen molar-refractivity contribution in [3.8, 4) is 0 Å². The maximum absolute atomic E-state index is 6.07. The summed E-state index contributed by atoms with van der Waals surface area (Å²) >= 11 is 9.46. The minimum Gasteiger partial charge on any atom is -0.379 e. The Morgan fingerprint density at radius 3 is 2.70 bits per heavy atom. The minimum absolute atomic E-state index is 0.492. The monoisotopic (exact) mass is 355 g/mol. The van der Waals surface area contributed by atoms with Crippen LogP contribution >= 0.6 is 27.5 Å². The van der Waals surface area contributed by atoms with Crippen LogP contribution in [-0.2, 0) is 6.54 Å². The Hall–Kier alpha value is -1.00. The van der Waals surface area contributed by atoms with E-state index in [9.17, 15) is 0 Å². The fourth-order valence-electron chi connectivity index (χ4n) is 2.14. The molecule has 0 saturated heterocycles. The Labute approximate surface area is 133 Å². The molecule has 0 aliphatic carbocycles. The van der Waals surface area contributed by atoms with Crippen molar-refractivity contribution < 1.29 is 0 Å². The number of benzene rings is 1. The molecule has 2 rings (SSSR count). The lowest BCUT2D eigenvalue weighted by Crippen LogP contribution is -2.09. The predicted molar refractivity (Wildman–Crippen MR) is 88.3 cm³/mol. The summed E-state index contributed by atoms with van der Waals surface area (Å²) < 4.78 is 2.97. The van der Waals surface area contributed by atoms with Crippen LogP contribution in [0.4, 0.5) is 5.69 Å². The number of rotatable bonds is 6. The average molecular weight is 357 g/mol. The van der Waals surface area contributed by atoms with Crippen molar-refractivity contribution in [2.75, 3.05) is 5.32 Å². The van der Waals surface area contributed by atoms with Gasteiger partial charge in [0.2, 0.25) is 0 Å². The van der Waals surface area contributed by atoms with Gasteiger partial charge in [-0.1, -0.05) is 25.4 Å². The topological polar surface area (TPSA) is 29.9 Å². The average Bonchev–Trinajstić information content (AvgIpc) is 2.90. The van der Waals surface area contributed by atoms with E-state index in [0.717, 1.165) is 28.7 Å². The summed E-state index contributed by atoms with van der Waals surface area (Å²) in [5.74, 6) is 0. The third-order valence-electron chi connectivity index (χ3n) is 3.37. The molecule has 1 heterocycles. The first-order chi connectivity index (χ1) is 9.63. The summed E-state index contributed by atoms with van der Waals surface area (Å²) in [5.41, 5.74) is 2.03. The molecule has 108 valence electrons. The lowest BCUT2D eigenvalue weighted by Gasteiger charge is -2.12. The Bertz CT molecular complexity index is 564. The number of nitrogens with one attached hydrogen (secondary N) is 1. The molecule has 2 aromatic rings. The van der Waals surface area contributed by atoms with Gasteiger partial charge in [0.05, 0.1) is 23.3 Å². The summed E-state index contributed by atoms with van der Waals surface area (Å²) in [7, 11) is 0. The highest BCUT2D eigenvalue weighted by molar-refractivity contribution is 9.10. The summed E-state index contributed by atoms with van der Waals surface area (Å²) in [6.45, 7) is 5.08. The van der Waals surface area contributed by atoms with Crippen LogP contribution in [0.25, 0.3) is 0 Å². The highest BCUT2D eigenvalue weighted by Crippen LogP contribution is 2.25. The number of hydrogen-bond donors (Lipinski definition) is 1. The van der Waals surface area contributed by atoms with E-state index in [1.165, 1.54) is 0 Å². The molecule has 1 aromatic carbocycles. The van der Waals surface area contributed by atoms with E-state index < -0.39 is 0 Å². The molecule has 0 amide bonds. The van der Waals surface area contributed by atoms with E-state index in [-0.39, 0.29) is 0 Å². The van der Waals surface area contributed by atoms with Crippen LogP contribution in [0.15, 0.2) is 34.9 Å². The standard InChI is InChI=1S/C15H19BrClN3/c1-3-13(4-2)20-8-7-12(19-20)10-18-11-5-6-14(16)15(17)9-11/h5-9,13,18H,3-4,10H2,1-2H3. The quantitative estimate of drug-likeness (QED) is 0.764. The van der Waals surface area contributed by atoms with Crippen molar-refractivity contribution in [3.05, 3.63) is 45.7 Å². The second kappa shape index (κ2) is 7.14. The number of aromatic nitrogens is 2. The lowest BCUT2D eigenvalue weighted by molar-refractivity contribution is 0.426. The maximum atomic E-state index is 6.07. The maximum Gasteiger partial charge on any atom is 0.0815 e. The largest absolute Gasteiger partial charge is 0.379 e. The zero-order chi connectivity index (χ0) is 14.5. The SMILES string of the molecule is CCC(CC)n1ccc(CNc2ccc(Br)c(Cl)c2)n1. The van der Waals surface area contributed by atoms with Crippen molar-refractivity contribution >= 4 is 33.2 Å². The molecular weight excluding hydrogens is 338 g/mol. The second-order valence-electron chi connectivity index (χ2n) is 4.74. The van der Waals surface area contributed by atoms with Crippen LogP contribution in [-0.4, -0.2) is 9.78 Å². The molecule has 0 aliphatic heterocycles. The van der Waals surface area contributed by atoms with E-state index >= 15 is 0 Å². The van der Waals surface area contributed by atoms with Crippen molar-refractivity contribution in [1.82, 2.24) is 9.78 Å². The van der Waals surface area contributed by atoms with Crippen LogP contribution in [0, 0.1) is 0 Å². The molecule has 5 heteroatoms. The van der Waals surface area contributed by atoms with Crippen molar-refractivity contribution in [2.45, 2.75) is 39.3 Å². The highest BCUT2D eigenvalue weighted by Gasteiger charge is 2.07. The molecule has 1 N–H and O–H groups in total. The van der Waals surface area contributed by atoms with Crippen LogP contribution in [0.3, 0.4) is 0 Å². The molecule has 1 aromatic heterocycles. The molecule has 0 unspecified atom stereocenters.